The molecular formula is C15H27IN4O2S. The van der Waals surface area contributed by atoms with Crippen LogP contribution in [0.3, 0.4) is 0 Å². The van der Waals surface area contributed by atoms with Crippen LogP contribution in [0.25, 0.3) is 0 Å². The first-order valence-electron chi connectivity index (χ1n) is 7.39. The van der Waals surface area contributed by atoms with E-state index in [-0.39, 0.29) is 28.9 Å². The second-order valence-electron chi connectivity index (χ2n) is 5.03. The van der Waals surface area contributed by atoms with Crippen LogP contribution in [0.5, 0.6) is 0 Å². The third-order valence-electron chi connectivity index (χ3n) is 3.37. The van der Waals surface area contributed by atoms with E-state index < -0.39 is 10.0 Å². The van der Waals surface area contributed by atoms with Gasteiger partial charge in [0.05, 0.1) is 4.90 Å². The van der Waals surface area contributed by atoms with Gasteiger partial charge in [-0.25, -0.2) is 13.1 Å². The summed E-state index contributed by atoms with van der Waals surface area (Å²) >= 11 is 0. The lowest BCUT2D eigenvalue weighted by Gasteiger charge is -2.21. The Bertz CT molecular complexity index is 588. The zero-order valence-corrected chi connectivity index (χ0v) is 17.3. The second kappa shape index (κ2) is 10.8. The van der Waals surface area contributed by atoms with Crippen molar-refractivity contribution in [2.75, 3.05) is 27.7 Å². The molecule has 1 rings (SSSR count). The van der Waals surface area contributed by atoms with Gasteiger partial charge < -0.3 is 10.2 Å². The zero-order chi connectivity index (χ0) is 16.6. The van der Waals surface area contributed by atoms with E-state index in [1.165, 1.54) is 7.05 Å². The molecule has 0 radical (unpaired) electrons. The Balaban J connectivity index is 0.00000484. The summed E-state index contributed by atoms with van der Waals surface area (Å²) in [5.74, 6) is 0.834. The van der Waals surface area contributed by atoms with E-state index in [1.54, 1.807) is 31.3 Å². The van der Waals surface area contributed by atoms with E-state index in [0.717, 1.165) is 30.9 Å². The standard InChI is InChI=1S/C15H26N4O2S.HI/c1-5-6-11-19(4)15(16-2)18-12-13-7-9-14(10-8-13)22(20,21)17-3;/h7-10,17H,5-6,11-12H2,1-4H3,(H,16,18);1H. The van der Waals surface area contributed by atoms with Gasteiger partial charge in [0, 0.05) is 27.2 Å². The topological polar surface area (TPSA) is 73.8 Å². The van der Waals surface area contributed by atoms with Crippen molar-refractivity contribution < 1.29 is 8.42 Å². The van der Waals surface area contributed by atoms with E-state index >= 15 is 0 Å². The van der Waals surface area contributed by atoms with Crippen molar-refractivity contribution in [3.8, 4) is 0 Å². The van der Waals surface area contributed by atoms with Gasteiger partial charge in [-0.15, -0.1) is 24.0 Å². The Hall–Kier alpha value is -0.870. The molecule has 8 heteroatoms. The van der Waals surface area contributed by atoms with E-state index in [9.17, 15) is 8.42 Å². The van der Waals surface area contributed by atoms with E-state index in [1.807, 2.05) is 7.05 Å². The maximum atomic E-state index is 11.7. The summed E-state index contributed by atoms with van der Waals surface area (Å²) in [4.78, 5) is 6.61. The Morgan fingerprint density at radius 3 is 2.35 bits per heavy atom. The molecule has 0 unspecified atom stereocenters. The lowest BCUT2D eigenvalue weighted by Crippen LogP contribution is -2.38. The lowest BCUT2D eigenvalue weighted by molar-refractivity contribution is 0.464. The molecule has 6 nitrogen and oxygen atoms in total. The molecule has 0 heterocycles. The van der Waals surface area contributed by atoms with Gasteiger partial charge in [-0.2, -0.15) is 0 Å². The van der Waals surface area contributed by atoms with E-state index in [4.69, 9.17) is 0 Å². The molecular weight excluding hydrogens is 427 g/mol. The molecule has 132 valence electrons. The average Bonchev–Trinajstić information content (AvgIpc) is 2.53. The van der Waals surface area contributed by atoms with Crippen molar-refractivity contribution in [2.45, 2.75) is 31.2 Å². The normalized spacial score (nSPS) is 11.7. The smallest absolute Gasteiger partial charge is 0.240 e. The third-order valence-corrected chi connectivity index (χ3v) is 4.80. The Labute approximate surface area is 156 Å². The van der Waals surface area contributed by atoms with E-state index in [2.05, 4.69) is 26.9 Å². The number of nitrogens with zero attached hydrogens (tertiary/aromatic N) is 2. The minimum absolute atomic E-state index is 0. The summed E-state index contributed by atoms with van der Waals surface area (Å²) in [5.41, 5.74) is 1.00. The molecule has 0 atom stereocenters. The summed E-state index contributed by atoms with van der Waals surface area (Å²) in [6.07, 6.45) is 2.26. The Morgan fingerprint density at radius 1 is 1.26 bits per heavy atom. The van der Waals surface area contributed by atoms with Crippen LogP contribution in [0, 0.1) is 0 Å². The predicted molar refractivity (Wildman–Crippen MR) is 106 cm³/mol. The molecule has 0 aromatic heterocycles. The van der Waals surface area contributed by atoms with Gasteiger partial charge in [0.25, 0.3) is 0 Å². The van der Waals surface area contributed by atoms with Crippen LogP contribution in [0.2, 0.25) is 0 Å². The van der Waals surface area contributed by atoms with Crippen molar-refractivity contribution in [2.24, 2.45) is 4.99 Å². The fraction of sp³-hybridized carbons (Fsp3) is 0.533. The van der Waals surface area contributed by atoms with Gasteiger partial charge in [-0.1, -0.05) is 25.5 Å². The lowest BCUT2D eigenvalue weighted by atomic mass is 10.2. The summed E-state index contributed by atoms with van der Waals surface area (Å²) in [6.45, 7) is 3.71. The van der Waals surface area contributed by atoms with Crippen molar-refractivity contribution in [1.82, 2.24) is 14.9 Å². The first-order valence-corrected chi connectivity index (χ1v) is 8.87. The molecule has 0 aliphatic rings. The highest BCUT2D eigenvalue weighted by atomic mass is 127. The van der Waals surface area contributed by atoms with Crippen LogP contribution in [-0.4, -0.2) is 47.0 Å². The molecule has 23 heavy (non-hydrogen) atoms. The molecule has 0 amide bonds. The molecule has 1 aromatic rings. The molecule has 2 N–H and O–H groups in total. The van der Waals surface area contributed by atoms with Gasteiger partial charge in [0.15, 0.2) is 5.96 Å². The summed E-state index contributed by atoms with van der Waals surface area (Å²) in [6, 6.07) is 6.81. The Morgan fingerprint density at radius 2 is 1.87 bits per heavy atom. The average molecular weight is 454 g/mol. The number of unbranched alkanes of at least 4 members (excludes halogenated alkanes) is 1. The van der Waals surface area contributed by atoms with Crippen LogP contribution in [0.1, 0.15) is 25.3 Å². The first-order chi connectivity index (χ1) is 10.4. The van der Waals surface area contributed by atoms with Crippen LogP contribution >= 0.6 is 24.0 Å². The largest absolute Gasteiger partial charge is 0.352 e. The van der Waals surface area contributed by atoms with Crippen molar-refractivity contribution in [1.29, 1.82) is 0 Å². The molecule has 0 spiro atoms. The van der Waals surface area contributed by atoms with Gasteiger partial charge >= 0.3 is 0 Å². The molecule has 1 aromatic carbocycles. The number of sulfonamides is 1. The number of aliphatic imine (C=N–C) groups is 1. The zero-order valence-electron chi connectivity index (χ0n) is 14.2. The van der Waals surface area contributed by atoms with Gasteiger partial charge in [0.1, 0.15) is 0 Å². The van der Waals surface area contributed by atoms with Crippen molar-refractivity contribution in [3.05, 3.63) is 29.8 Å². The maximum absolute atomic E-state index is 11.7. The number of nitrogens with one attached hydrogen (secondary N) is 2. The fourth-order valence-corrected chi connectivity index (χ4v) is 2.70. The summed E-state index contributed by atoms with van der Waals surface area (Å²) < 4.78 is 25.6. The number of rotatable bonds is 7. The van der Waals surface area contributed by atoms with E-state index in [0.29, 0.717) is 6.54 Å². The Kier molecular flexibility index (Phi) is 10.4. The maximum Gasteiger partial charge on any atom is 0.240 e. The van der Waals surface area contributed by atoms with Crippen LogP contribution in [-0.2, 0) is 16.6 Å². The highest BCUT2D eigenvalue weighted by molar-refractivity contribution is 14.0. The predicted octanol–water partition coefficient (Wildman–Crippen LogP) is 2.02. The van der Waals surface area contributed by atoms with Gasteiger partial charge in [-0.3, -0.25) is 4.99 Å². The van der Waals surface area contributed by atoms with Crippen molar-refractivity contribution in [3.63, 3.8) is 0 Å². The van der Waals surface area contributed by atoms with Crippen LogP contribution in [0.15, 0.2) is 34.2 Å². The van der Waals surface area contributed by atoms with Gasteiger partial charge in [0.2, 0.25) is 10.0 Å². The molecule has 0 saturated carbocycles. The molecule has 0 bridgehead atoms. The molecule has 0 aliphatic carbocycles. The number of benzene rings is 1. The quantitative estimate of drug-likeness (QED) is 0.376. The SMILES string of the molecule is CCCCN(C)C(=NC)NCc1ccc(S(=O)(=O)NC)cc1.I. The number of guanidine groups is 1. The van der Waals surface area contributed by atoms with Crippen LogP contribution in [0.4, 0.5) is 0 Å². The number of hydrogen-bond donors (Lipinski definition) is 2. The minimum Gasteiger partial charge on any atom is -0.352 e. The first kappa shape index (κ1) is 22.1. The highest BCUT2D eigenvalue weighted by Crippen LogP contribution is 2.10. The van der Waals surface area contributed by atoms with Crippen LogP contribution < -0.4 is 10.0 Å². The summed E-state index contributed by atoms with van der Waals surface area (Å²) in [5, 5.41) is 3.28. The van der Waals surface area contributed by atoms with Crippen molar-refractivity contribution >= 4 is 40.0 Å². The van der Waals surface area contributed by atoms with Gasteiger partial charge in [-0.05, 0) is 31.2 Å². The second-order valence-corrected chi connectivity index (χ2v) is 6.91. The number of halogens is 1. The fourth-order valence-electron chi connectivity index (χ4n) is 1.97. The molecule has 0 saturated heterocycles. The molecule has 0 fully saturated rings. The third kappa shape index (κ3) is 7.05. The monoisotopic (exact) mass is 454 g/mol. The number of hydrogen-bond acceptors (Lipinski definition) is 3. The summed E-state index contributed by atoms with van der Waals surface area (Å²) in [7, 11) is 1.79. The highest BCUT2D eigenvalue weighted by Gasteiger charge is 2.10. The minimum atomic E-state index is -3.38. The molecule has 0 aliphatic heterocycles.